The number of amides is 1. The van der Waals surface area contributed by atoms with Gasteiger partial charge in [-0.05, 0) is 42.0 Å². The fraction of sp³-hybridized carbons (Fsp3) is 0.409. The van der Waals surface area contributed by atoms with E-state index in [1.165, 1.54) is 5.56 Å². The number of ether oxygens (including phenoxy) is 2. The molecule has 0 spiro atoms. The predicted octanol–water partition coefficient (Wildman–Crippen LogP) is 3.01. The molecular weight excluding hydrogens is 376 g/mol. The first-order chi connectivity index (χ1) is 13.3. The van der Waals surface area contributed by atoms with Crippen LogP contribution in [-0.4, -0.2) is 43.7 Å². The Kier molecular flexibility index (Phi) is 6.81. The van der Waals surface area contributed by atoms with E-state index in [1.807, 2.05) is 35.2 Å². The Morgan fingerprint density at radius 3 is 2.54 bits per heavy atom. The number of carbonyl (C=O) groups excluding carboxylic acids is 1. The minimum atomic E-state index is 0. The Balaban J connectivity index is 0.00000225. The van der Waals surface area contributed by atoms with Crippen LogP contribution in [0.3, 0.4) is 0 Å². The molecule has 28 heavy (non-hydrogen) atoms. The van der Waals surface area contributed by atoms with Crippen LogP contribution in [0.4, 0.5) is 0 Å². The van der Waals surface area contributed by atoms with Crippen molar-refractivity contribution >= 4 is 18.3 Å². The summed E-state index contributed by atoms with van der Waals surface area (Å²) in [5, 5.41) is 0. The first-order valence-electron chi connectivity index (χ1n) is 9.68. The van der Waals surface area contributed by atoms with Gasteiger partial charge in [0.25, 0.3) is 0 Å². The number of fused-ring (bicyclic) bond motifs is 1. The van der Waals surface area contributed by atoms with Gasteiger partial charge >= 0.3 is 0 Å². The highest BCUT2D eigenvalue weighted by atomic mass is 35.5. The summed E-state index contributed by atoms with van der Waals surface area (Å²) in [7, 11) is 0. The van der Waals surface area contributed by atoms with Crippen molar-refractivity contribution in [2.24, 2.45) is 11.7 Å². The average molecular weight is 403 g/mol. The van der Waals surface area contributed by atoms with E-state index in [1.54, 1.807) is 0 Å². The van der Waals surface area contributed by atoms with Crippen LogP contribution in [0.25, 0.3) is 0 Å². The molecule has 0 aromatic heterocycles. The molecule has 1 saturated carbocycles. The van der Waals surface area contributed by atoms with Crippen LogP contribution in [0.15, 0.2) is 48.5 Å². The molecule has 1 aliphatic heterocycles. The van der Waals surface area contributed by atoms with Gasteiger partial charge in [-0.25, -0.2) is 0 Å². The van der Waals surface area contributed by atoms with Gasteiger partial charge in [0.15, 0.2) is 11.5 Å². The van der Waals surface area contributed by atoms with Crippen LogP contribution >= 0.6 is 12.4 Å². The van der Waals surface area contributed by atoms with Crippen LogP contribution in [0, 0.1) is 5.92 Å². The number of benzene rings is 2. The van der Waals surface area contributed by atoms with Gasteiger partial charge in [-0.3, -0.25) is 4.79 Å². The molecule has 6 heteroatoms. The van der Waals surface area contributed by atoms with Crippen molar-refractivity contribution in [3.8, 4) is 11.5 Å². The highest BCUT2D eigenvalue weighted by molar-refractivity contribution is 5.85. The Hall–Kier alpha value is -2.24. The quantitative estimate of drug-likeness (QED) is 0.773. The molecule has 1 heterocycles. The number of halogens is 1. The molecule has 5 nitrogen and oxygen atoms in total. The fourth-order valence-corrected chi connectivity index (χ4v) is 3.76. The second-order valence-corrected chi connectivity index (χ2v) is 7.20. The summed E-state index contributed by atoms with van der Waals surface area (Å²) in [5.41, 5.74) is 8.16. The Morgan fingerprint density at radius 2 is 1.79 bits per heavy atom. The molecule has 2 N–H and O–H groups in total. The summed E-state index contributed by atoms with van der Waals surface area (Å²) >= 11 is 0. The van der Waals surface area contributed by atoms with E-state index < -0.39 is 0 Å². The van der Waals surface area contributed by atoms with Crippen LogP contribution in [0.1, 0.15) is 23.5 Å². The fourth-order valence-electron chi connectivity index (χ4n) is 3.76. The highest BCUT2D eigenvalue weighted by Gasteiger charge is 2.45. The first kappa shape index (κ1) is 20.5. The molecule has 2 aromatic rings. The maximum Gasteiger partial charge on any atom is 0.226 e. The second kappa shape index (κ2) is 9.30. The molecule has 0 bridgehead atoms. The first-order valence-corrected chi connectivity index (χ1v) is 9.68. The summed E-state index contributed by atoms with van der Waals surface area (Å²) in [4.78, 5) is 14.9. The summed E-state index contributed by atoms with van der Waals surface area (Å²) in [6.45, 7) is 2.97. The van der Waals surface area contributed by atoms with Gasteiger partial charge in [0.05, 0.1) is 0 Å². The van der Waals surface area contributed by atoms with Crippen molar-refractivity contribution in [3.63, 3.8) is 0 Å². The summed E-state index contributed by atoms with van der Waals surface area (Å²) < 4.78 is 11.3. The molecule has 4 rings (SSSR count). The van der Waals surface area contributed by atoms with Crippen LogP contribution < -0.4 is 15.2 Å². The average Bonchev–Trinajstić information content (AvgIpc) is 3.52. The van der Waals surface area contributed by atoms with Crippen molar-refractivity contribution in [1.29, 1.82) is 0 Å². The van der Waals surface area contributed by atoms with Gasteiger partial charge in [0.2, 0.25) is 5.91 Å². The number of nitrogens with zero attached hydrogens (tertiary/aromatic N) is 1. The van der Waals surface area contributed by atoms with Crippen LogP contribution in [0.2, 0.25) is 0 Å². The molecule has 2 unspecified atom stereocenters. The second-order valence-electron chi connectivity index (χ2n) is 7.20. The van der Waals surface area contributed by atoms with Gasteiger partial charge in [0, 0.05) is 25.6 Å². The molecule has 1 amide bonds. The van der Waals surface area contributed by atoms with Crippen molar-refractivity contribution in [1.82, 2.24) is 4.90 Å². The molecule has 0 radical (unpaired) electrons. The summed E-state index contributed by atoms with van der Waals surface area (Å²) in [6.07, 6.45) is 1.75. The Bertz CT molecular complexity index is 800. The third kappa shape index (κ3) is 4.59. The van der Waals surface area contributed by atoms with Crippen LogP contribution in [0.5, 0.6) is 11.5 Å². The normalized spacial score (nSPS) is 19.5. The largest absolute Gasteiger partial charge is 0.486 e. The highest BCUT2D eigenvalue weighted by Crippen LogP contribution is 2.50. The summed E-state index contributed by atoms with van der Waals surface area (Å²) in [6, 6.07) is 16.3. The lowest BCUT2D eigenvalue weighted by Crippen LogP contribution is -2.38. The molecule has 1 fully saturated rings. The Morgan fingerprint density at radius 1 is 1.04 bits per heavy atom. The zero-order chi connectivity index (χ0) is 18.6. The van der Waals surface area contributed by atoms with Crippen molar-refractivity contribution in [2.45, 2.75) is 18.8 Å². The minimum Gasteiger partial charge on any atom is -0.486 e. The lowest BCUT2D eigenvalue weighted by Gasteiger charge is -2.22. The number of rotatable bonds is 7. The maximum atomic E-state index is 13.0. The number of hydrogen-bond donors (Lipinski definition) is 1. The molecule has 2 aliphatic rings. The minimum absolute atomic E-state index is 0. The molecule has 2 atom stereocenters. The van der Waals surface area contributed by atoms with E-state index in [0.29, 0.717) is 32.8 Å². The van der Waals surface area contributed by atoms with Crippen LogP contribution in [-0.2, 0) is 11.2 Å². The van der Waals surface area contributed by atoms with E-state index >= 15 is 0 Å². The zero-order valence-corrected chi connectivity index (χ0v) is 16.7. The molecule has 150 valence electrons. The van der Waals surface area contributed by atoms with Crippen molar-refractivity contribution in [2.75, 3.05) is 32.8 Å². The van der Waals surface area contributed by atoms with Crippen molar-refractivity contribution < 1.29 is 14.3 Å². The van der Waals surface area contributed by atoms with Gasteiger partial charge in [-0.15, -0.1) is 12.4 Å². The standard InChI is InChI=1S/C22H26N2O3.ClH/c23-9-11-24(10-8-16-4-2-1-3-5-16)22(25)19-15-18(19)17-6-7-20-21(14-17)27-13-12-26-20;/h1-7,14,18-19H,8-13,15,23H2;1H. The van der Waals surface area contributed by atoms with E-state index in [4.69, 9.17) is 15.2 Å². The van der Waals surface area contributed by atoms with E-state index in [9.17, 15) is 4.79 Å². The van der Waals surface area contributed by atoms with Gasteiger partial charge in [0.1, 0.15) is 13.2 Å². The zero-order valence-electron chi connectivity index (χ0n) is 15.9. The van der Waals surface area contributed by atoms with E-state index in [2.05, 4.69) is 18.2 Å². The molecule has 2 aromatic carbocycles. The monoisotopic (exact) mass is 402 g/mol. The molecule has 0 saturated heterocycles. The number of nitrogens with two attached hydrogens (primary N) is 1. The third-order valence-electron chi connectivity index (χ3n) is 5.33. The van der Waals surface area contributed by atoms with Crippen molar-refractivity contribution in [3.05, 3.63) is 59.7 Å². The number of carbonyl (C=O) groups is 1. The van der Waals surface area contributed by atoms with Gasteiger partial charge in [-0.1, -0.05) is 36.4 Å². The summed E-state index contributed by atoms with van der Waals surface area (Å²) in [5.74, 6) is 2.12. The van der Waals surface area contributed by atoms with Gasteiger partial charge < -0.3 is 20.1 Å². The Labute approximate surface area is 172 Å². The topological polar surface area (TPSA) is 64.8 Å². The SMILES string of the molecule is Cl.NCCN(CCc1ccccc1)C(=O)C1CC1c1ccc2c(c1)OCCO2. The third-order valence-corrected chi connectivity index (χ3v) is 5.33. The van der Waals surface area contributed by atoms with E-state index in [-0.39, 0.29) is 30.2 Å². The van der Waals surface area contributed by atoms with E-state index in [0.717, 1.165) is 29.9 Å². The van der Waals surface area contributed by atoms with Gasteiger partial charge in [-0.2, -0.15) is 0 Å². The smallest absolute Gasteiger partial charge is 0.226 e. The lowest BCUT2D eigenvalue weighted by molar-refractivity contribution is -0.132. The number of hydrogen-bond acceptors (Lipinski definition) is 4. The molecule has 1 aliphatic carbocycles. The lowest BCUT2D eigenvalue weighted by atomic mass is 10.1. The predicted molar refractivity (Wildman–Crippen MR) is 111 cm³/mol. The molecular formula is C22H27ClN2O3. The maximum absolute atomic E-state index is 13.0.